The van der Waals surface area contributed by atoms with E-state index in [0.717, 1.165) is 0 Å². The number of anilines is 1. The third kappa shape index (κ3) is 4.08. The Morgan fingerprint density at radius 2 is 1.93 bits per heavy atom. The van der Waals surface area contributed by atoms with Gasteiger partial charge in [0.15, 0.2) is 5.82 Å². The fourth-order valence-electron chi connectivity index (χ4n) is 3.04. The number of nitrogens with one attached hydrogen (secondary N) is 1. The molecule has 0 unspecified atom stereocenters. The maximum absolute atomic E-state index is 12.9. The normalized spacial score (nSPS) is 15.1. The van der Waals surface area contributed by atoms with Gasteiger partial charge in [-0.3, -0.25) is 4.79 Å². The molecule has 1 aliphatic heterocycles. The number of hydrogen-bond acceptors (Lipinski definition) is 6. The van der Waals surface area contributed by atoms with Crippen LogP contribution in [0.25, 0.3) is 5.82 Å². The highest BCUT2D eigenvalue weighted by molar-refractivity contribution is 7.89. The van der Waals surface area contributed by atoms with E-state index in [-0.39, 0.29) is 28.6 Å². The molecule has 2 aromatic heterocycles. The highest BCUT2D eigenvalue weighted by Crippen LogP contribution is 2.25. The number of rotatable bonds is 5. The Hall–Kier alpha value is -2.79. The molecule has 4 rings (SSSR count). The maximum atomic E-state index is 12.9. The van der Waals surface area contributed by atoms with Gasteiger partial charge in [0.05, 0.1) is 34.4 Å². The number of benzene rings is 1. The third-order valence-electron chi connectivity index (χ3n) is 4.55. The fourth-order valence-corrected chi connectivity index (χ4v) is 4.67. The molecule has 0 aliphatic carbocycles. The number of amides is 1. The maximum Gasteiger partial charge on any atom is 0.257 e. The molecule has 1 aliphatic rings. The largest absolute Gasteiger partial charge is 0.379 e. The third-order valence-corrected chi connectivity index (χ3v) is 6.77. The van der Waals surface area contributed by atoms with Gasteiger partial charge in [0.2, 0.25) is 10.0 Å². The van der Waals surface area contributed by atoms with Crippen LogP contribution in [0.5, 0.6) is 0 Å². The van der Waals surface area contributed by atoms with E-state index < -0.39 is 15.9 Å². The highest BCUT2D eigenvalue weighted by Gasteiger charge is 2.27. The molecule has 30 heavy (non-hydrogen) atoms. The van der Waals surface area contributed by atoms with E-state index in [1.54, 1.807) is 36.8 Å². The van der Waals surface area contributed by atoms with Crippen molar-refractivity contribution < 1.29 is 17.9 Å². The molecule has 11 heteroatoms. The molecule has 0 atom stereocenters. The lowest BCUT2D eigenvalue weighted by molar-refractivity contribution is 0.0730. The van der Waals surface area contributed by atoms with E-state index in [1.165, 1.54) is 27.2 Å². The second-order valence-electron chi connectivity index (χ2n) is 6.44. The zero-order valence-electron chi connectivity index (χ0n) is 15.7. The van der Waals surface area contributed by atoms with Gasteiger partial charge in [-0.05, 0) is 36.4 Å². The van der Waals surface area contributed by atoms with Crippen LogP contribution in [0.3, 0.4) is 0 Å². The molecule has 0 spiro atoms. The second-order valence-corrected chi connectivity index (χ2v) is 8.78. The first kappa shape index (κ1) is 20.5. The molecule has 0 bridgehead atoms. The van der Waals surface area contributed by atoms with Gasteiger partial charge in [-0.15, -0.1) is 0 Å². The second kappa shape index (κ2) is 8.52. The minimum absolute atomic E-state index is 0.00237. The molecule has 1 N–H and O–H groups in total. The molecule has 156 valence electrons. The number of aromatic nitrogens is 3. The molecule has 3 heterocycles. The Balaban J connectivity index is 1.64. The first-order valence-corrected chi connectivity index (χ1v) is 10.9. The van der Waals surface area contributed by atoms with E-state index in [9.17, 15) is 13.2 Å². The smallest absolute Gasteiger partial charge is 0.257 e. The molecule has 9 nitrogen and oxygen atoms in total. The summed E-state index contributed by atoms with van der Waals surface area (Å²) >= 11 is 6.21. The number of halogens is 1. The Kier molecular flexibility index (Phi) is 5.82. The van der Waals surface area contributed by atoms with Crippen LogP contribution < -0.4 is 5.32 Å². The summed E-state index contributed by atoms with van der Waals surface area (Å²) in [4.78, 5) is 17.2. The van der Waals surface area contributed by atoms with Crippen LogP contribution >= 0.6 is 11.6 Å². The molecule has 0 saturated carbocycles. The minimum atomic E-state index is -3.76. The van der Waals surface area contributed by atoms with Crippen molar-refractivity contribution in [1.82, 2.24) is 19.1 Å². The summed E-state index contributed by atoms with van der Waals surface area (Å²) in [6, 6.07) is 9.15. The lowest BCUT2D eigenvalue weighted by atomic mass is 10.2. The Morgan fingerprint density at radius 3 is 2.67 bits per heavy atom. The zero-order valence-corrected chi connectivity index (χ0v) is 17.3. The number of pyridine rings is 1. The number of nitrogens with zero attached hydrogens (tertiary/aromatic N) is 4. The minimum Gasteiger partial charge on any atom is -0.379 e. The molecule has 0 radical (unpaired) electrons. The number of hydrogen-bond donors (Lipinski definition) is 1. The Morgan fingerprint density at radius 1 is 1.13 bits per heavy atom. The lowest BCUT2D eigenvalue weighted by Crippen LogP contribution is -2.40. The number of carbonyl (C=O) groups is 1. The summed E-state index contributed by atoms with van der Waals surface area (Å²) in [6.45, 7) is 1.18. The monoisotopic (exact) mass is 447 g/mol. The van der Waals surface area contributed by atoms with E-state index in [0.29, 0.717) is 24.7 Å². The SMILES string of the molecule is O=C(Nc1cccnc1-n1cccn1)c1cc(S(=O)(=O)N2CCOCC2)ccc1Cl. The van der Waals surface area contributed by atoms with Crippen molar-refractivity contribution in [1.29, 1.82) is 0 Å². The van der Waals surface area contributed by atoms with Crippen molar-refractivity contribution >= 4 is 33.2 Å². The number of carbonyl (C=O) groups excluding carboxylic acids is 1. The van der Waals surface area contributed by atoms with Crippen LogP contribution in [0.1, 0.15) is 10.4 Å². The predicted octanol–water partition coefficient (Wildman–Crippen LogP) is 2.19. The van der Waals surface area contributed by atoms with Gasteiger partial charge in [-0.2, -0.15) is 9.40 Å². The van der Waals surface area contributed by atoms with Crippen molar-refractivity contribution in [2.75, 3.05) is 31.6 Å². The summed E-state index contributed by atoms with van der Waals surface area (Å²) in [6.07, 6.45) is 4.87. The van der Waals surface area contributed by atoms with Gasteiger partial charge in [-0.1, -0.05) is 11.6 Å². The van der Waals surface area contributed by atoms with Gasteiger partial charge >= 0.3 is 0 Å². The van der Waals surface area contributed by atoms with E-state index in [2.05, 4.69) is 15.4 Å². The van der Waals surface area contributed by atoms with Crippen molar-refractivity contribution in [3.63, 3.8) is 0 Å². The Labute approximate surface area is 178 Å². The van der Waals surface area contributed by atoms with Crippen molar-refractivity contribution in [3.8, 4) is 5.82 Å². The van der Waals surface area contributed by atoms with Crippen molar-refractivity contribution in [2.24, 2.45) is 0 Å². The molecule has 1 saturated heterocycles. The van der Waals surface area contributed by atoms with E-state index in [1.807, 2.05) is 0 Å². The van der Waals surface area contributed by atoms with Crippen LogP contribution in [0.15, 0.2) is 59.9 Å². The van der Waals surface area contributed by atoms with Crippen LogP contribution in [0.4, 0.5) is 5.69 Å². The topological polar surface area (TPSA) is 106 Å². The highest BCUT2D eigenvalue weighted by atomic mass is 35.5. The summed E-state index contributed by atoms with van der Waals surface area (Å²) in [5.41, 5.74) is 0.449. The van der Waals surface area contributed by atoms with E-state index >= 15 is 0 Å². The molecular formula is C19H18ClN5O4S. The summed E-state index contributed by atoms with van der Waals surface area (Å²) in [5, 5.41) is 7.00. The van der Waals surface area contributed by atoms with Crippen LogP contribution in [-0.4, -0.2) is 59.7 Å². The quantitative estimate of drug-likeness (QED) is 0.642. The molecule has 1 amide bonds. The predicted molar refractivity (Wildman–Crippen MR) is 110 cm³/mol. The van der Waals surface area contributed by atoms with Gasteiger partial charge in [0.25, 0.3) is 5.91 Å². The first-order valence-electron chi connectivity index (χ1n) is 9.10. The van der Waals surface area contributed by atoms with Crippen molar-refractivity contribution in [2.45, 2.75) is 4.90 Å². The average molecular weight is 448 g/mol. The summed E-state index contributed by atoms with van der Waals surface area (Å²) in [7, 11) is -3.76. The lowest BCUT2D eigenvalue weighted by Gasteiger charge is -2.26. The Bertz CT molecular complexity index is 1160. The molecule has 1 fully saturated rings. The standard InChI is InChI=1S/C19H18ClN5O4S/c20-16-5-4-14(30(27,28)24-9-11-29-12-10-24)13-15(16)19(26)23-17-3-1-6-21-18(17)25-8-2-7-22-25/h1-8,13H,9-12H2,(H,23,26). The summed E-state index contributed by atoms with van der Waals surface area (Å²) in [5.74, 6) is -0.135. The van der Waals surface area contributed by atoms with Gasteiger partial charge in [-0.25, -0.2) is 18.1 Å². The van der Waals surface area contributed by atoms with Gasteiger partial charge < -0.3 is 10.1 Å². The van der Waals surface area contributed by atoms with E-state index in [4.69, 9.17) is 16.3 Å². The fraction of sp³-hybridized carbons (Fsp3) is 0.211. The van der Waals surface area contributed by atoms with Gasteiger partial charge in [0, 0.05) is 31.7 Å². The molecule has 3 aromatic rings. The zero-order chi connectivity index (χ0) is 21.1. The molecule has 1 aromatic carbocycles. The first-order chi connectivity index (χ1) is 14.5. The van der Waals surface area contributed by atoms with Gasteiger partial charge in [0.1, 0.15) is 0 Å². The number of morpholine rings is 1. The van der Waals surface area contributed by atoms with Crippen LogP contribution in [0, 0.1) is 0 Å². The number of ether oxygens (including phenoxy) is 1. The van der Waals surface area contributed by atoms with Crippen molar-refractivity contribution in [3.05, 3.63) is 65.6 Å². The van der Waals surface area contributed by atoms with Crippen LogP contribution in [0.2, 0.25) is 5.02 Å². The number of sulfonamides is 1. The molecular weight excluding hydrogens is 430 g/mol. The average Bonchev–Trinajstić information content (AvgIpc) is 3.29. The summed E-state index contributed by atoms with van der Waals surface area (Å²) < 4.78 is 33.9. The van der Waals surface area contributed by atoms with Crippen LogP contribution in [-0.2, 0) is 14.8 Å².